The molecule has 2 aromatic rings. The second kappa shape index (κ2) is 6.65. The second-order valence-electron chi connectivity index (χ2n) is 6.25. The summed E-state index contributed by atoms with van der Waals surface area (Å²) in [6, 6.07) is 16.0. The van der Waals surface area contributed by atoms with Crippen LogP contribution in [0.5, 0.6) is 5.75 Å². The zero-order valence-corrected chi connectivity index (χ0v) is 15.4. The fourth-order valence-electron chi connectivity index (χ4n) is 3.09. The Morgan fingerprint density at radius 3 is 2.88 bits per heavy atom. The molecule has 2 aromatic carbocycles. The normalized spacial score (nSPS) is 20.9. The Bertz CT molecular complexity index is 877. The summed E-state index contributed by atoms with van der Waals surface area (Å²) in [5, 5.41) is 0. The van der Waals surface area contributed by atoms with Crippen LogP contribution in [0, 0.1) is 0 Å². The Morgan fingerprint density at radius 2 is 2.08 bits per heavy atom. The molecule has 1 saturated heterocycles. The Balaban J connectivity index is 1.56. The molecular weight excluding hydrogens is 350 g/mol. The number of fused-ring (bicyclic) bond motifs is 1. The van der Waals surface area contributed by atoms with Gasteiger partial charge in [-0.05, 0) is 41.8 Å². The number of hydrogen-bond donors (Lipinski definition) is 0. The summed E-state index contributed by atoms with van der Waals surface area (Å²) >= 11 is 6.78. The standard InChI is InChI=1S/C20H17NO2S2/c1-13-9-16-10-15(7-8-17(16)23-13)11-18-19(22)21(20(24)25-18)12-14-5-3-2-4-6-14/h2-8,10-11,13H,9,12H2,1H3/b18-11+. The van der Waals surface area contributed by atoms with Crippen molar-refractivity contribution in [2.24, 2.45) is 0 Å². The molecule has 2 aliphatic heterocycles. The molecule has 0 aliphatic carbocycles. The van der Waals surface area contributed by atoms with Gasteiger partial charge in [-0.25, -0.2) is 0 Å². The van der Waals surface area contributed by atoms with Crippen molar-refractivity contribution >= 4 is 40.3 Å². The molecule has 1 atom stereocenters. The van der Waals surface area contributed by atoms with Crippen molar-refractivity contribution in [1.82, 2.24) is 4.90 Å². The first-order valence-electron chi connectivity index (χ1n) is 8.19. The summed E-state index contributed by atoms with van der Waals surface area (Å²) in [4.78, 5) is 15.1. The molecule has 0 N–H and O–H groups in total. The smallest absolute Gasteiger partial charge is 0.266 e. The van der Waals surface area contributed by atoms with Gasteiger partial charge in [0.05, 0.1) is 11.4 Å². The summed E-state index contributed by atoms with van der Waals surface area (Å²) in [6.45, 7) is 2.58. The highest BCUT2D eigenvalue weighted by Crippen LogP contribution is 2.35. The van der Waals surface area contributed by atoms with Gasteiger partial charge in [-0.15, -0.1) is 0 Å². The van der Waals surface area contributed by atoms with Gasteiger partial charge < -0.3 is 4.74 Å². The molecule has 1 unspecified atom stereocenters. The topological polar surface area (TPSA) is 29.5 Å². The van der Waals surface area contributed by atoms with Gasteiger partial charge in [0.25, 0.3) is 5.91 Å². The van der Waals surface area contributed by atoms with Crippen LogP contribution in [0.25, 0.3) is 6.08 Å². The Kier molecular flexibility index (Phi) is 4.36. The van der Waals surface area contributed by atoms with Gasteiger partial charge in [-0.3, -0.25) is 9.69 Å². The van der Waals surface area contributed by atoms with Crippen molar-refractivity contribution in [3.8, 4) is 5.75 Å². The summed E-state index contributed by atoms with van der Waals surface area (Å²) in [7, 11) is 0. The third-order valence-electron chi connectivity index (χ3n) is 4.27. The Morgan fingerprint density at radius 1 is 1.28 bits per heavy atom. The highest BCUT2D eigenvalue weighted by molar-refractivity contribution is 8.26. The van der Waals surface area contributed by atoms with E-state index in [9.17, 15) is 4.79 Å². The SMILES string of the molecule is CC1Cc2cc(/C=C3/SC(=S)N(Cc4ccccc4)C3=O)ccc2O1. The molecule has 0 spiro atoms. The van der Waals surface area contributed by atoms with Gasteiger partial charge in [0.1, 0.15) is 16.2 Å². The van der Waals surface area contributed by atoms with Gasteiger partial charge >= 0.3 is 0 Å². The number of benzene rings is 2. The number of ether oxygens (including phenoxy) is 1. The van der Waals surface area contributed by atoms with E-state index in [2.05, 4.69) is 13.0 Å². The molecule has 1 amide bonds. The van der Waals surface area contributed by atoms with Crippen molar-refractivity contribution in [2.45, 2.75) is 26.0 Å². The Hall–Kier alpha value is -2.11. The first-order valence-corrected chi connectivity index (χ1v) is 9.41. The van der Waals surface area contributed by atoms with Crippen LogP contribution >= 0.6 is 24.0 Å². The van der Waals surface area contributed by atoms with Crippen molar-refractivity contribution < 1.29 is 9.53 Å². The first-order chi connectivity index (χ1) is 12.1. The van der Waals surface area contributed by atoms with Crippen molar-refractivity contribution in [2.75, 3.05) is 0 Å². The van der Waals surface area contributed by atoms with E-state index < -0.39 is 0 Å². The lowest BCUT2D eigenvalue weighted by Gasteiger charge is -2.14. The number of thiocarbonyl (C=S) groups is 1. The summed E-state index contributed by atoms with van der Waals surface area (Å²) in [5.41, 5.74) is 3.28. The Labute approximate surface area is 156 Å². The van der Waals surface area contributed by atoms with E-state index in [0.717, 1.165) is 23.3 Å². The van der Waals surface area contributed by atoms with Gasteiger partial charge in [0.15, 0.2) is 0 Å². The van der Waals surface area contributed by atoms with E-state index in [1.54, 1.807) is 4.90 Å². The first kappa shape index (κ1) is 16.4. The predicted octanol–water partition coefficient (Wildman–Crippen LogP) is 4.41. The quantitative estimate of drug-likeness (QED) is 0.594. The van der Waals surface area contributed by atoms with E-state index in [0.29, 0.717) is 15.8 Å². The summed E-state index contributed by atoms with van der Waals surface area (Å²) in [6.07, 6.45) is 3.05. The van der Waals surface area contributed by atoms with Crippen LogP contribution < -0.4 is 4.74 Å². The molecule has 2 heterocycles. The third-order valence-corrected chi connectivity index (χ3v) is 5.65. The molecular formula is C20H17NO2S2. The number of thioether (sulfide) groups is 1. The number of amides is 1. The average molecular weight is 367 g/mol. The van der Waals surface area contributed by atoms with Gasteiger partial charge in [-0.1, -0.05) is 60.4 Å². The number of rotatable bonds is 3. The van der Waals surface area contributed by atoms with Crippen LogP contribution in [0.2, 0.25) is 0 Å². The molecule has 0 radical (unpaired) electrons. The number of nitrogens with zero attached hydrogens (tertiary/aromatic N) is 1. The molecule has 0 aromatic heterocycles. The average Bonchev–Trinajstić information content (AvgIpc) is 3.09. The molecule has 1 fully saturated rings. The van der Waals surface area contributed by atoms with Crippen LogP contribution in [-0.4, -0.2) is 21.2 Å². The van der Waals surface area contributed by atoms with Crippen LogP contribution in [0.4, 0.5) is 0 Å². The van der Waals surface area contributed by atoms with E-state index in [1.807, 2.05) is 48.5 Å². The highest BCUT2D eigenvalue weighted by Gasteiger charge is 2.32. The lowest BCUT2D eigenvalue weighted by Crippen LogP contribution is -2.27. The number of carbonyl (C=O) groups is 1. The zero-order valence-electron chi connectivity index (χ0n) is 13.8. The fourth-order valence-corrected chi connectivity index (χ4v) is 4.34. The molecule has 5 heteroatoms. The van der Waals surface area contributed by atoms with Gasteiger partial charge in [0, 0.05) is 6.42 Å². The predicted molar refractivity (Wildman–Crippen MR) is 105 cm³/mol. The second-order valence-corrected chi connectivity index (χ2v) is 7.93. The monoisotopic (exact) mass is 367 g/mol. The van der Waals surface area contributed by atoms with E-state index in [4.69, 9.17) is 17.0 Å². The molecule has 0 saturated carbocycles. The maximum atomic E-state index is 12.7. The highest BCUT2D eigenvalue weighted by atomic mass is 32.2. The molecule has 126 valence electrons. The summed E-state index contributed by atoms with van der Waals surface area (Å²) < 4.78 is 6.34. The lowest BCUT2D eigenvalue weighted by molar-refractivity contribution is -0.122. The minimum Gasteiger partial charge on any atom is -0.490 e. The number of hydrogen-bond acceptors (Lipinski definition) is 4. The van der Waals surface area contributed by atoms with Crippen molar-refractivity contribution in [3.63, 3.8) is 0 Å². The zero-order chi connectivity index (χ0) is 17.4. The van der Waals surface area contributed by atoms with Crippen LogP contribution in [-0.2, 0) is 17.8 Å². The molecule has 2 aliphatic rings. The minimum absolute atomic E-state index is 0.0241. The summed E-state index contributed by atoms with van der Waals surface area (Å²) in [5.74, 6) is 0.922. The van der Waals surface area contributed by atoms with E-state index >= 15 is 0 Å². The van der Waals surface area contributed by atoms with Crippen molar-refractivity contribution in [3.05, 3.63) is 70.1 Å². The maximum absolute atomic E-state index is 12.7. The van der Waals surface area contributed by atoms with E-state index in [1.165, 1.54) is 17.3 Å². The molecule has 25 heavy (non-hydrogen) atoms. The number of carbonyl (C=O) groups excluding carboxylic acids is 1. The van der Waals surface area contributed by atoms with Crippen LogP contribution in [0.15, 0.2) is 53.4 Å². The third kappa shape index (κ3) is 3.34. The minimum atomic E-state index is -0.0241. The van der Waals surface area contributed by atoms with E-state index in [-0.39, 0.29) is 12.0 Å². The molecule has 3 nitrogen and oxygen atoms in total. The lowest BCUT2D eigenvalue weighted by atomic mass is 10.1. The van der Waals surface area contributed by atoms with Gasteiger partial charge in [-0.2, -0.15) is 0 Å². The fraction of sp³-hybridized carbons (Fsp3) is 0.200. The largest absolute Gasteiger partial charge is 0.490 e. The molecule has 4 rings (SSSR count). The van der Waals surface area contributed by atoms with Crippen LogP contribution in [0.3, 0.4) is 0 Å². The van der Waals surface area contributed by atoms with Crippen molar-refractivity contribution in [1.29, 1.82) is 0 Å². The van der Waals surface area contributed by atoms with Gasteiger partial charge in [0.2, 0.25) is 0 Å². The maximum Gasteiger partial charge on any atom is 0.266 e. The molecule has 0 bridgehead atoms. The van der Waals surface area contributed by atoms with Crippen LogP contribution in [0.1, 0.15) is 23.6 Å².